The van der Waals surface area contributed by atoms with E-state index in [2.05, 4.69) is 19.5 Å². The molecular formula is C21H18N6O3. The van der Waals surface area contributed by atoms with E-state index in [4.69, 9.17) is 20.2 Å². The van der Waals surface area contributed by atoms with E-state index in [9.17, 15) is 4.79 Å². The largest absolute Gasteiger partial charge is 0.454 e. The molecule has 0 atom stereocenters. The number of aromatic nitrogens is 5. The van der Waals surface area contributed by atoms with Gasteiger partial charge in [-0.2, -0.15) is 0 Å². The number of fused-ring (bicyclic) bond motifs is 4. The first-order valence-corrected chi connectivity index (χ1v) is 9.71. The summed E-state index contributed by atoms with van der Waals surface area (Å²) >= 11 is 0. The standard InChI is InChI=1S/C21H18N6O3/c22-2-1-3-27-8-12(11-4-18-19(7-17(11)27)30-10-29-18)20-21(28)26-16-6-14-13(23-9-24-14)5-15(16)25-20/h4-9H,1-3,10,22H2,(H,23,24)(H,26,28). The molecule has 150 valence electrons. The van der Waals surface area contributed by atoms with Crippen molar-refractivity contribution in [2.75, 3.05) is 13.3 Å². The molecule has 4 heterocycles. The molecule has 30 heavy (non-hydrogen) atoms. The molecular weight excluding hydrogens is 384 g/mol. The molecule has 0 spiro atoms. The first-order valence-electron chi connectivity index (χ1n) is 9.71. The topological polar surface area (TPSA) is 124 Å². The molecule has 2 aromatic carbocycles. The number of imidazole rings is 1. The average molecular weight is 402 g/mol. The summed E-state index contributed by atoms with van der Waals surface area (Å²) in [5, 5.41) is 0.885. The van der Waals surface area contributed by atoms with E-state index in [0.29, 0.717) is 34.8 Å². The Labute approximate surface area is 169 Å². The van der Waals surface area contributed by atoms with E-state index < -0.39 is 0 Å². The highest BCUT2D eigenvalue weighted by Gasteiger charge is 2.21. The Bertz CT molecular complexity index is 1500. The Balaban J connectivity index is 1.61. The molecule has 9 heteroatoms. The van der Waals surface area contributed by atoms with Gasteiger partial charge in [-0.1, -0.05) is 0 Å². The van der Waals surface area contributed by atoms with Crippen molar-refractivity contribution >= 4 is 33.0 Å². The number of nitrogens with one attached hydrogen (secondary N) is 2. The molecule has 0 unspecified atom stereocenters. The third-order valence-electron chi connectivity index (χ3n) is 5.47. The second-order valence-corrected chi connectivity index (χ2v) is 7.30. The molecule has 1 aliphatic rings. The van der Waals surface area contributed by atoms with Crippen LogP contribution in [-0.4, -0.2) is 37.8 Å². The number of hydrogen-bond acceptors (Lipinski definition) is 6. The summed E-state index contributed by atoms with van der Waals surface area (Å²) < 4.78 is 13.2. The smallest absolute Gasteiger partial charge is 0.275 e. The SMILES string of the molecule is NCCCn1cc(-c2nc3cc4[nH]cnc4cc3[nH]c2=O)c2cc3c(cc21)OCO3. The minimum absolute atomic E-state index is 0.190. The van der Waals surface area contributed by atoms with Gasteiger partial charge in [-0.3, -0.25) is 4.79 Å². The first-order chi connectivity index (χ1) is 14.7. The summed E-state index contributed by atoms with van der Waals surface area (Å²) in [4.78, 5) is 28.0. The lowest BCUT2D eigenvalue weighted by atomic mass is 10.1. The predicted molar refractivity (Wildman–Crippen MR) is 113 cm³/mol. The van der Waals surface area contributed by atoms with Crippen molar-refractivity contribution in [3.8, 4) is 22.8 Å². The Morgan fingerprint density at radius 1 is 1.10 bits per heavy atom. The van der Waals surface area contributed by atoms with Crippen LogP contribution in [0.25, 0.3) is 44.2 Å². The van der Waals surface area contributed by atoms with Crippen LogP contribution in [0, 0.1) is 0 Å². The maximum atomic E-state index is 13.0. The summed E-state index contributed by atoms with van der Waals surface area (Å²) in [6.45, 7) is 1.50. The Morgan fingerprint density at radius 2 is 1.93 bits per heavy atom. The van der Waals surface area contributed by atoms with Gasteiger partial charge in [0.1, 0.15) is 5.69 Å². The van der Waals surface area contributed by atoms with Gasteiger partial charge in [-0.05, 0) is 31.2 Å². The highest BCUT2D eigenvalue weighted by atomic mass is 16.7. The highest BCUT2D eigenvalue weighted by molar-refractivity contribution is 5.98. The maximum absolute atomic E-state index is 13.0. The summed E-state index contributed by atoms with van der Waals surface area (Å²) in [5.41, 5.74) is 10.5. The molecule has 1 aliphatic heterocycles. The van der Waals surface area contributed by atoms with E-state index in [1.54, 1.807) is 6.33 Å². The van der Waals surface area contributed by atoms with Crippen LogP contribution in [-0.2, 0) is 6.54 Å². The van der Waals surface area contributed by atoms with Crippen LogP contribution in [0.3, 0.4) is 0 Å². The normalized spacial score (nSPS) is 13.1. The molecule has 4 N–H and O–H groups in total. The van der Waals surface area contributed by atoms with Gasteiger partial charge < -0.3 is 29.7 Å². The van der Waals surface area contributed by atoms with Crippen molar-refractivity contribution in [1.82, 2.24) is 24.5 Å². The molecule has 0 aliphatic carbocycles. The van der Waals surface area contributed by atoms with Crippen LogP contribution < -0.4 is 20.8 Å². The van der Waals surface area contributed by atoms with E-state index >= 15 is 0 Å². The van der Waals surface area contributed by atoms with Crippen molar-refractivity contribution in [1.29, 1.82) is 0 Å². The van der Waals surface area contributed by atoms with E-state index in [1.165, 1.54) is 0 Å². The number of rotatable bonds is 4. The molecule has 0 bridgehead atoms. The fourth-order valence-corrected chi connectivity index (χ4v) is 4.01. The number of nitrogens with two attached hydrogens (primary N) is 1. The predicted octanol–water partition coefficient (Wildman–Crippen LogP) is 2.50. The molecule has 5 aromatic rings. The summed E-state index contributed by atoms with van der Waals surface area (Å²) in [5.74, 6) is 1.36. The van der Waals surface area contributed by atoms with Crippen LogP contribution in [0.15, 0.2) is 41.6 Å². The first kappa shape index (κ1) is 17.0. The van der Waals surface area contributed by atoms with Crippen LogP contribution >= 0.6 is 0 Å². The van der Waals surface area contributed by atoms with Crippen LogP contribution in [0.1, 0.15) is 6.42 Å². The number of aromatic amines is 2. The van der Waals surface area contributed by atoms with Gasteiger partial charge in [-0.25, -0.2) is 9.97 Å². The fourth-order valence-electron chi connectivity index (χ4n) is 4.01. The van der Waals surface area contributed by atoms with Crippen molar-refractivity contribution < 1.29 is 9.47 Å². The summed E-state index contributed by atoms with van der Waals surface area (Å²) in [6, 6.07) is 7.57. The van der Waals surface area contributed by atoms with Gasteiger partial charge in [0.2, 0.25) is 6.79 Å². The summed E-state index contributed by atoms with van der Waals surface area (Å²) in [6.07, 6.45) is 4.39. The van der Waals surface area contributed by atoms with Gasteiger partial charge in [-0.15, -0.1) is 0 Å². The summed E-state index contributed by atoms with van der Waals surface area (Å²) in [7, 11) is 0. The molecule has 0 fully saturated rings. The molecule has 6 rings (SSSR count). The lowest BCUT2D eigenvalue weighted by molar-refractivity contribution is 0.174. The Kier molecular flexibility index (Phi) is 3.59. The Hall–Kier alpha value is -3.85. The number of aryl methyl sites for hydroxylation is 1. The third-order valence-corrected chi connectivity index (χ3v) is 5.47. The van der Waals surface area contributed by atoms with Crippen LogP contribution in [0.4, 0.5) is 0 Å². The Morgan fingerprint density at radius 3 is 2.80 bits per heavy atom. The zero-order valence-corrected chi connectivity index (χ0v) is 15.9. The lowest BCUT2D eigenvalue weighted by Crippen LogP contribution is -2.11. The van der Waals surface area contributed by atoms with Crippen molar-refractivity contribution in [3.63, 3.8) is 0 Å². The lowest BCUT2D eigenvalue weighted by Gasteiger charge is -2.04. The van der Waals surface area contributed by atoms with Crippen molar-refractivity contribution in [3.05, 3.63) is 47.1 Å². The maximum Gasteiger partial charge on any atom is 0.275 e. The number of benzene rings is 2. The minimum atomic E-state index is -0.257. The van der Waals surface area contributed by atoms with Crippen molar-refractivity contribution in [2.45, 2.75) is 13.0 Å². The molecule has 0 saturated heterocycles. The van der Waals surface area contributed by atoms with Gasteiger partial charge in [0.25, 0.3) is 5.56 Å². The van der Waals surface area contributed by atoms with Crippen LogP contribution in [0.2, 0.25) is 0 Å². The number of ether oxygens (including phenoxy) is 2. The molecule has 0 radical (unpaired) electrons. The van der Waals surface area contributed by atoms with E-state index in [-0.39, 0.29) is 12.4 Å². The van der Waals surface area contributed by atoms with Gasteiger partial charge in [0.05, 0.1) is 33.9 Å². The zero-order chi connectivity index (χ0) is 20.2. The quantitative estimate of drug-likeness (QED) is 0.424. The average Bonchev–Trinajstić information content (AvgIpc) is 3.46. The van der Waals surface area contributed by atoms with Crippen molar-refractivity contribution in [2.24, 2.45) is 5.73 Å². The van der Waals surface area contributed by atoms with Gasteiger partial charge in [0, 0.05) is 29.8 Å². The van der Waals surface area contributed by atoms with Gasteiger partial charge in [0.15, 0.2) is 11.5 Å². The monoisotopic (exact) mass is 402 g/mol. The molecule has 3 aromatic heterocycles. The highest BCUT2D eigenvalue weighted by Crippen LogP contribution is 2.40. The fraction of sp³-hybridized carbons (Fsp3) is 0.190. The van der Waals surface area contributed by atoms with Crippen LogP contribution in [0.5, 0.6) is 11.5 Å². The van der Waals surface area contributed by atoms with E-state index in [1.807, 2.05) is 30.5 Å². The molecule has 0 saturated carbocycles. The number of hydrogen-bond donors (Lipinski definition) is 3. The second-order valence-electron chi connectivity index (χ2n) is 7.30. The number of H-pyrrole nitrogens is 2. The molecule has 0 amide bonds. The van der Waals surface area contributed by atoms with E-state index in [0.717, 1.165) is 40.5 Å². The molecule has 9 nitrogen and oxygen atoms in total. The second kappa shape index (κ2) is 6.33. The number of nitrogens with zero attached hydrogens (tertiary/aromatic N) is 3. The minimum Gasteiger partial charge on any atom is -0.454 e. The third kappa shape index (κ3) is 2.49. The zero-order valence-electron chi connectivity index (χ0n) is 15.9. The van der Waals surface area contributed by atoms with Gasteiger partial charge >= 0.3 is 0 Å².